The maximum Gasteiger partial charge on any atom is 0.0727 e. The molecule has 0 bridgehead atoms. The zero-order valence-corrected chi connectivity index (χ0v) is 11.7. The summed E-state index contributed by atoms with van der Waals surface area (Å²) in [5.74, 6) is 0. The van der Waals surface area contributed by atoms with Crippen LogP contribution < -0.4 is 0 Å². The van der Waals surface area contributed by atoms with Crippen LogP contribution >= 0.6 is 0 Å². The van der Waals surface area contributed by atoms with E-state index in [1.165, 1.54) is 5.56 Å². The van der Waals surface area contributed by atoms with Crippen LogP contribution in [-0.2, 0) is 6.42 Å². The molecule has 0 amide bonds. The van der Waals surface area contributed by atoms with Gasteiger partial charge >= 0.3 is 0 Å². The number of aromatic nitrogens is 1. The third kappa shape index (κ3) is 3.30. The van der Waals surface area contributed by atoms with Crippen LogP contribution in [0.2, 0.25) is 0 Å². The third-order valence-corrected chi connectivity index (χ3v) is 3.94. The minimum absolute atomic E-state index is 0.562. The van der Waals surface area contributed by atoms with Crippen LogP contribution in [0.4, 0.5) is 0 Å². The summed E-state index contributed by atoms with van der Waals surface area (Å²) in [4.78, 5) is 6.83. The standard InChI is InChI=1S/C15H24N2O/c1-12(2)17-8-6-15(18,7-9-17)10-14-5-4-13(3)11-16-14/h4-5,11-12,18H,6-10H2,1-3H3. The molecule has 1 aliphatic rings. The van der Waals surface area contributed by atoms with E-state index in [-0.39, 0.29) is 0 Å². The van der Waals surface area contributed by atoms with Gasteiger partial charge in [0.15, 0.2) is 0 Å². The average molecular weight is 248 g/mol. The van der Waals surface area contributed by atoms with Crippen LogP contribution in [0.15, 0.2) is 18.3 Å². The summed E-state index contributed by atoms with van der Waals surface area (Å²) in [5, 5.41) is 10.6. The zero-order valence-electron chi connectivity index (χ0n) is 11.7. The minimum atomic E-state index is -0.562. The van der Waals surface area contributed by atoms with E-state index in [9.17, 15) is 5.11 Å². The predicted octanol–water partition coefficient (Wildman–Crippen LogP) is 2.17. The molecule has 1 saturated heterocycles. The Labute approximate surface area is 110 Å². The molecule has 0 atom stereocenters. The molecule has 3 nitrogen and oxygen atoms in total. The molecule has 18 heavy (non-hydrogen) atoms. The second-order valence-electron chi connectivity index (χ2n) is 5.86. The molecule has 0 aromatic carbocycles. The first-order valence-corrected chi connectivity index (χ1v) is 6.86. The molecule has 0 unspecified atom stereocenters. The van der Waals surface area contributed by atoms with Crippen molar-refractivity contribution >= 4 is 0 Å². The number of piperidine rings is 1. The van der Waals surface area contributed by atoms with Crippen LogP contribution in [-0.4, -0.2) is 39.7 Å². The van der Waals surface area contributed by atoms with E-state index >= 15 is 0 Å². The Kier molecular flexibility index (Phi) is 4.03. The molecular weight excluding hydrogens is 224 g/mol. The first kappa shape index (κ1) is 13.5. The topological polar surface area (TPSA) is 36.4 Å². The average Bonchev–Trinajstić information content (AvgIpc) is 2.32. The Morgan fingerprint density at radius 3 is 2.50 bits per heavy atom. The number of hydrogen-bond donors (Lipinski definition) is 1. The molecule has 0 radical (unpaired) electrons. The largest absolute Gasteiger partial charge is 0.389 e. The smallest absolute Gasteiger partial charge is 0.0727 e. The van der Waals surface area contributed by atoms with Gasteiger partial charge in [-0.1, -0.05) is 6.07 Å². The molecular formula is C15H24N2O. The lowest BCUT2D eigenvalue weighted by molar-refractivity contribution is -0.0277. The van der Waals surface area contributed by atoms with Crippen molar-refractivity contribution in [3.8, 4) is 0 Å². The van der Waals surface area contributed by atoms with Crippen LogP contribution in [0.25, 0.3) is 0 Å². The third-order valence-electron chi connectivity index (χ3n) is 3.94. The van der Waals surface area contributed by atoms with Gasteiger partial charge in [0.2, 0.25) is 0 Å². The van der Waals surface area contributed by atoms with Crippen molar-refractivity contribution in [1.29, 1.82) is 0 Å². The van der Waals surface area contributed by atoms with Crippen molar-refractivity contribution in [2.75, 3.05) is 13.1 Å². The van der Waals surface area contributed by atoms with Gasteiger partial charge < -0.3 is 10.0 Å². The van der Waals surface area contributed by atoms with Gasteiger partial charge in [-0.15, -0.1) is 0 Å². The summed E-state index contributed by atoms with van der Waals surface area (Å²) < 4.78 is 0. The number of likely N-dealkylation sites (tertiary alicyclic amines) is 1. The van der Waals surface area contributed by atoms with Crippen LogP contribution in [0.5, 0.6) is 0 Å². The van der Waals surface area contributed by atoms with Crippen molar-refractivity contribution in [2.24, 2.45) is 0 Å². The maximum atomic E-state index is 10.6. The number of pyridine rings is 1. The van der Waals surface area contributed by atoms with E-state index in [0.29, 0.717) is 12.5 Å². The number of aryl methyl sites for hydroxylation is 1. The van der Waals surface area contributed by atoms with Crippen molar-refractivity contribution in [1.82, 2.24) is 9.88 Å². The van der Waals surface area contributed by atoms with E-state index in [1.807, 2.05) is 19.2 Å². The van der Waals surface area contributed by atoms with Crippen molar-refractivity contribution in [2.45, 2.75) is 51.7 Å². The lowest BCUT2D eigenvalue weighted by atomic mass is 9.86. The highest BCUT2D eigenvalue weighted by molar-refractivity contribution is 5.14. The number of aliphatic hydroxyl groups is 1. The molecule has 1 N–H and O–H groups in total. The quantitative estimate of drug-likeness (QED) is 0.890. The lowest BCUT2D eigenvalue weighted by Crippen LogP contribution is -2.47. The van der Waals surface area contributed by atoms with Gasteiger partial charge in [0.1, 0.15) is 0 Å². The lowest BCUT2D eigenvalue weighted by Gasteiger charge is -2.39. The number of nitrogens with zero attached hydrogens (tertiary/aromatic N) is 2. The van der Waals surface area contributed by atoms with E-state index in [0.717, 1.165) is 31.6 Å². The number of rotatable bonds is 3. The monoisotopic (exact) mass is 248 g/mol. The van der Waals surface area contributed by atoms with Gasteiger partial charge in [-0.3, -0.25) is 4.98 Å². The number of hydrogen-bond acceptors (Lipinski definition) is 3. The molecule has 2 heterocycles. The molecule has 0 saturated carbocycles. The Balaban J connectivity index is 1.95. The molecule has 0 aliphatic carbocycles. The van der Waals surface area contributed by atoms with Crippen molar-refractivity contribution in [3.05, 3.63) is 29.6 Å². The van der Waals surface area contributed by atoms with Crippen molar-refractivity contribution in [3.63, 3.8) is 0 Å². The zero-order chi connectivity index (χ0) is 13.2. The Morgan fingerprint density at radius 2 is 2.00 bits per heavy atom. The van der Waals surface area contributed by atoms with Gasteiger partial charge in [-0.25, -0.2) is 0 Å². The van der Waals surface area contributed by atoms with Gasteiger partial charge in [-0.05, 0) is 45.2 Å². The highest BCUT2D eigenvalue weighted by Crippen LogP contribution is 2.26. The van der Waals surface area contributed by atoms with E-state index in [2.05, 4.69) is 29.8 Å². The van der Waals surface area contributed by atoms with Crippen molar-refractivity contribution < 1.29 is 5.11 Å². The van der Waals surface area contributed by atoms with E-state index < -0.39 is 5.60 Å². The second-order valence-corrected chi connectivity index (χ2v) is 5.86. The Morgan fingerprint density at radius 1 is 1.33 bits per heavy atom. The molecule has 1 fully saturated rings. The summed E-state index contributed by atoms with van der Waals surface area (Å²) in [6.45, 7) is 8.43. The fourth-order valence-corrected chi connectivity index (χ4v) is 2.57. The minimum Gasteiger partial charge on any atom is -0.389 e. The molecule has 2 rings (SSSR count). The van der Waals surface area contributed by atoms with Gasteiger partial charge in [0.25, 0.3) is 0 Å². The SMILES string of the molecule is Cc1ccc(CC2(O)CCN(C(C)C)CC2)nc1. The summed E-state index contributed by atoms with van der Waals surface area (Å²) in [6.07, 6.45) is 4.25. The Bertz CT molecular complexity index is 378. The highest BCUT2D eigenvalue weighted by atomic mass is 16.3. The fourth-order valence-electron chi connectivity index (χ4n) is 2.57. The fraction of sp³-hybridized carbons (Fsp3) is 0.667. The van der Waals surface area contributed by atoms with E-state index in [4.69, 9.17) is 0 Å². The predicted molar refractivity (Wildman–Crippen MR) is 73.6 cm³/mol. The molecule has 1 aliphatic heterocycles. The second kappa shape index (κ2) is 5.37. The summed E-state index contributed by atoms with van der Waals surface area (Å²) in [6, 6.07) is 4.67. The molecule has 100 valence electrons. The van der Waals surface area contributed by atoms with Crippen LogP contribution in [0, 0.1) is 6.92 Å². The molecule has 1 aromatic rings. The van der Waals surface area contributed by atoms with Crippen LogP contribution in [0.3, 0.4) is 0 Å². The highest BCUT2D eigenvalue weighted by Gasteiger charge is 2.33. The molecule has 3 heteroatoms. The normalized spacial score (nSPS) is 20.3. The Hall–Kier alpha value is -0.930. The van der Waals surface area contributed by atoms with Gasteiger partial charge in [0.05, 0.1) is 5.60 Å². The first-order chi connectivity index (χ1) is 8.48. The molecule has 0 spiro atoms. The summed E-state index contributed by atoms with van der Waals surface area (Å²) in [5.41, 5.74) is 1.61. The summed E-state index contributed by atoms with van der Waals surface area (Å²) in [7, 11) is 0. The van der Waals surface area contributed by atoms with Crippen LogP contribution in [0.1, 0.15) is 37.9 Å². The van der Waals surface area contributed by atoms with Gasteiger partial charge in [-0.2, -0.15) is 0 Å². The maximum absolute atomic E-state index is 10.6. The van der Waals surface area contributed by atoms with Gasteiger partial charge in [0, 0.05) is 37.4 Å². The van der Waals surface area contributed by atoms with E-state index in [1.54, 1.807) is 0 Å². The summed E-state index contributed by atoms with van der Waals surface area (Å²) >= 11 is 0. The first-order valence-electron chi connectivity index (χ1n) is 6.86. The molecule has 1 aromatic heterocycles.